The van der Waals surface area contributed by atoms with Crippen LogP contribution in [0.25, 0.3) is 0 Å². The van der Waals surface area contributed by atoms with E-state index in [0.29, 0.717) is 32.0 Å². The van der Waals surface area contributed by atoms with Crippen LogP contribution in [-0.4, -0.2) is 72.8 Å². The summed E-state index contributed by atoms with van der Waals surface area (Å²) in [6, 6.07) is 0. The Morgan fingerprint density at radius 2 is 1.86 bits per heavy atom. The van der Waals surface area contributed by atoms with Crippen molar-refractivity contribution in [3.8, 4) is 0 Å². The first kappa shape index (κ1) is 20.6. The van der Waals surface area contributed by atoms with Crippen LogP contribution < -0.4 is 10.6 Å². The lowest BCUT2D eigenvalue weighted by molar-refractivity contribution is -0.127. The molecule has 0 saturated carbocycles. The van der Waals surface area contributed by atoms with Gasteiger partial charge in [-0.05, 0) is 19.4 Å². The molecule has 0 aromatic carbocycles. The highest BCUT2D eigenvalue weighted by Gasteiger charge is 2.32. The van der Waals surface area contributed by atoms with Crippen LogP contribution in [0, 0.1) is 11.8 Å². The molecule has 0 aliphatic rings. The molecule has 0 heterocycles. The van der Waals surface area contributed by atoms with Crippen molar-refractivity contribution in [2.75, 3.05) is 26.7 Å². The Labute approximate surface area is 129 Å². The molecular weight excluding hydrogens is 292 g/mol. The molecule has 4 atom stereocenters. The van der Waals surface area contributed by atoms with Crippen LogP contribution in [0.15, 0.2) is 0 Å². The number of hydrogen-bond donors (Lipinski definition) is 5. The Kier molecular flexibility index (Phi) is 11.5. The molecule has 0 rings (SSSR count). The number of rotatable bonds is 13. The zero-order chi connectivity index (χ0) is 17.0. The molecule has 0 aliphatic carbocycles. The Balaban J connectivity index is 4.06. The third-order valence-corrected chi connectivity index (χ3v) is 3.46. The fourth-order valence-electron chi connectivity index (χ4n) is 1.96. The maximum absolute atomic E-state index is 11.0. The Hall–Kier alpha value is -1.35. The van der Waals surface area contributed by atoms with E-state index in [4.69, 9.17) is 5.11 Å². The molecular formula is C14H26N2O6. The quantitative estimate of drug-likeness (QED) is 0.193. The lowest BCUT2D eigenvalue weighted by Crippen LogP contribution is -2.44. The molecule has 0 bridgehead atoms. The molecule has 0 saturated heterocycles. The summed E-state index contributed by atoms with van der Waals surface area (Å²) in [4.78, 5) is 32.6. The average molecular weight is 318 g/mol. The first-order valence-corrected chi connectivity index (χ1v) is 7.30. The van der Waals surface area contributed by atoms with Crippen LogP contribution in [-0.2, 0) is 14.4 Å². The minimum Gasteiger partial charge on any atom is -0.396 e. The van der Waals surface area contributed by atoms with Crippen LogP contribution >= 0.6 is 0 Å². The second-order valence-corrected chi connectivity index (χ2v) is 5.09. The molecule has 128 valence electrons. The monoisotopic (exact) mass is 318 g/mol. The highest BCUT2D eigenvalue weighted by molar-refractivity contribution is 5.75. The molecule has 0 fully saturated rings. The standard InChI is InChI=1S/C14H26N2O6/c1-15-13(21)4-2-3-5-16-6-12(20)11(9-19)14(22)10(7-17)8-18/h7,9-12,14,16,18,20,22H,2-6,8H2,1H3,(H,15,21). The van der Waals surface area contributed by atoms with Crippen LogP contribution in [0.5, 0.6) is 0 Å². The lowest BCUT2D eigenvalue weighted by Gasteiger charge is -2.25. The average Bonchev–Trinajstić information content (AvgIpc) is 2.52. The van der Waals surface area contributed by atoms with Crippen molar-refractivity contribution in [1.82, 2.24) is 10.6 Å². The van der Waals surface area contributed by atoms with Crippen molar-refractivity contribution in [3.05, 3.63) is 0 Å². The first-order chi connectivity index (χ1) is 10.5. The van der Waals surface area contributed by atoms with Crippen molar-refractivity contribution in [2.24, 2.45) is 11.8 Å². The number of nitrogens with one attached hydrogen (secondary N) is 2. The minimum atomic E-state index is -1.43. The summed E-state index contributed by atoms with van der Waals surface area (Å²) in [7, 11) is 1.57. The van der Waals surface area contributed by atoms with E-state index in [0.717, 1.165) is 6.42 Å². The van der Waals surface area contributed by atoms with E-state index in [1.165, 1.54) is 0 Å². The third-order valence-electron chi connectivity index (χ3n) is 3.46. The molecule has 0 spiro atoms. The van der Waals surface area contributed by atoms with Crippen molar-refractivity contribution in [1.29, 1.82) is 0 Å². The van der Waals surface area contributed by atoms with Gasteiger partial charge >= 0.3 is 0 Å². The van der Waals surface area contributed by atoms with Gasteiger partial charge in [0.15, 0.2) is 0 Å². The highest BCUT2D eigenvalue weighted by atomic mass is 16.3. The molecule has 0 radical (unpaired) electrons. The summed E-state index contributed by atoms with van der Waals surface area (Å²) in [5.41, 5.74) is 0. The van der Waals surface area contributed by atoms with E-state index in [9.17, 15) is 24.6 Å². The summed E-state index contributed by atoms with van der Waals surface area (Å²) in [5.74, 6) is -2.29. The molecule has 8 nitrogen and oxygen atoms in total. The number of carbonyl (C=O) groups is 3. The largest absolute Gasteiger partial charge is 0.396 e. The summed E-state index contributed by atoms with van der Waals surface area (Å²) in [5, 5.41) is 34.1. The molecule has 8 heteroatoms. The number of aldehydes is 2. The Bertz CT molecular complexity index is 339. The molecule has 4 unspecified atom stereocenters. The van der Waals surface area contributed by atoms with Crippen molar-refractivity contribution >= 4 is 18.5 Å². The van der Waals surface area contributed by atoms with Gasteiger partial charge in [0.25, 0.3) is 0 Å². The van der Waals surface area contributed by atoms with Gasteiger partial charge in [-0.15, -0.1) is 0 Å². The van der Waals surface area contributed by atoms with E-state index in [2.05, 4.69) is 10.6 Å². The Morgan fingerprint density at radius 1 is 1.18 bits per heavy atom. The molecule has 22 heavy (non-hydrogen) atoms. The molecule has 0 aliphatic heterocycles. The van der Waals surface area contributed by atoms with Crippen LogP contribution in [0.2, 0.25) is 0 Å². The van der Waals surface area contributed by atoms with Gasteiger partial charge in [-0.3, -0.25) is 4.79 Å². The number of amides is 1. The predicted octanol–water partition coefficient (Wildman–Crippen LogP) is -2.16. The van der Waals surface area contributed by atoms with E-state index in [1.807, 2.05) is 0 Å². The minimum absolute atomic E-state index is 0.0342. The van der Waals surface area contributed by atoms with Gasteiger partial charge in [0.05, 0.1) is 30.7 Å². The zero-order valence-electron chi connectivity index (χ0n) is 12.8. The number of aliphatic hydroxyl groups is 3. The van der Waals surface area contributed by atoms with Gasteiger partial charge in [-0.1, -0.05) is 0 Å². The Morgan fingerprint density at radius 3 is 2.36 bits per heavy atom. The maximum Gasteiger partial charge on any atom is 0.219 e. The number of unbranched alkanes of at least 4 members (excludes halogenated alkanes) is 1. The van der Waals surface area contributed by atoms with Crippen molar-refractivity contribution < 1.29 is 29.7 Å². The number of aliphatic hydroxyl groups excluding tert-OH is 3. The van der Waals surface area contributed by atoms with E-state index in [-0.39, 0.29) is 12.5 Å². The second-order valence-electron chi connectivity index (χ2n) is 5.09. The predicted molar refractivity (Wildman–Crippen MR) is 79.0 cm³/mol. The normalized spacial score (nSPS) is 16.4. The topological polar surface area (TPSA) is 136 Å². The molecule has 0 aromatic heterocycles. The zero-order valence-corrected chi connectivity index (χ0v) is 12.8. The molecule has 0 aromatic rings. The summed E-state index contributed by atoms with van der Waals surface area (Å²) < 4.78 is 0. The van der Waals surface area contributed by atoms with Gasteiger partial charge in [0.2, 0.25) is 5.91 Å². The van der Waals surface area contributed by atoms with Gasteiger partial charge in [0, 0.05) is 20.0 Å². The van der Waals surface area contributed by atoms with Gasteiger partial charge in [0.1, 0.15) is 12.6 Å². The van der Waals surface area contributed by atoms with E-state index in [1.54, 1.807) is 7.05 Å². The van der Waals surface area contributed by atoms with E-state index < -0.39 is 30.7 Å². The fourth-order valence-corrected chi connectivity index (χ4v) is 1.96. The second kappa shape index (κ2) is 12.2. The van der Waals surface area contributed by atoms with Crippen molar-refractivity contribution in [3.63, 3.8) is 0 Å². The van der Waals surface area contributed by atoms with Crippen LogP contribution in [0.4, 0.5) is 0 Å². The highest BCUT2D eigenvalue weighted by Crippen LogP contribution is 2.14. The third kappa shape index (κ3) is 7.60. The fraction of sp³-hybridized carbons (Fsp3) is 0.786. The summed E-state index contributed by atoms with van der Waals surface area (Å²) in [6.45, 7) is 0.0267. The SMILES string of the molecule is CNC(=O)CCCCNCC(O)C(C=O)C(O)C(C=O)CO. The van der Waals surface area contributed by atoms with Crippen molar-refractivity contribution in [2.45, 2.75) is 31.5 Å². The maximum atomic E-state index is 11.0. The van der Waals surface area contributed by atoms with Gasteiger partial charge < -0.3 is 35.5 Å². The van der Waals surface area contributed by atoms with Gasteiger partial charge in [-0.25, -0.2) is 0 Å². The summed E-state index contributed by atoms with van der Waals surface area (Å²) in [6.07, 6.45) is -0.00379. The first-order valence-electron chi connectivity index (χ1n) is 7.30. The molecule has 5 N–H and O–H groups in total. The summed E-state index contributed by atoms with van der Waals surface area (Å²) >= 11 is 0. The lowest BCUT2D eigenvalue weighted by atomic mass is 9.89. The number of carbonyl (C=O) groups excluding carboxylic acids is 3. The van der Waals surface area contributed by atoms with E-state index >= 15 is 0 Å². The van der Waals surface area contributed by atoms with Gasteiger partial charge in [-0.2, -0.15) is 0 Å². The molecule has 1 amide bonds. The smallest absolute Gasteiger partial charge is 0.219 e. The van der Waals surface area contributed by atoms with Crippen LogP contribution in [0.3, 0.4) is 0 Å². The number of hydrogen-bond acceptors (Lipinski definition) is 7. The van der Waals surface area contributed by atoms with Crippen LogP contribution in [0.1, 0.15) is 19.3 Å².